The van der Waals surface area contributed by atoms with Crippen molar-refractivity contribution in [2.24, 2.45) is 0 Å². The second-order valence-corrected chi connectivity index (χ2v) is 11.9. The molecule has 0 saturated heterocycles. The molecule has 0 amide bonds. The van der Waals surface area contributed by atoms with Crippen LogP contribution < -0.4 is 37.1 Å². The highest BCUT2D eigenvalue weighted by atomic mass is 127. The molecule has 14 heteroatoms. The lowest BCUT2D eigenvalue weighted by Crippen LogP contribution is -2.04. The van der Waals surface area contributed by atoms with Gasteiger partial charge in [-0.1, -0.05) is 33.6 Å². The number of nitrogens with two attached hydrogens (primary N) is 4. The molecule has 12 nitrogen and oxygen atoms in total. The van der Waals surface area contributed by atoms with E-state index in [9.17, 15) is 5.11 Å². The molecular formula is C29H32I2N8O4. The van der Waals surface area contributed by atoms with Gasteiger partial charge in [0.05, 0.1) is 19.5 Å². The summed E-state index contributed by atoms with van der Waals surface area (Å²) in [4.78, 5) is 15.5. The number of ether oxygens (including phenoxy) is 3. The Kier molecular flexibility index (Phi) is 11.7. The maximum Gasteiger partial charge on any atom is 0.222 e. The van der Waals surface area contributed by atoms with E-state index in [1.807, 2.05) is 48.6 Å². The van der Waals surface area contributed by atoms with E-state index in [1.165, 1.54) is 12.4 Å². The number of benzene rings is 2. The van der Waals surface area contributed by atoms with Crippen LogP contribution in [0.2, 0.25) is 0 Å². The predicted molar refractivity (Wildman–Crippen MR) is 184 cm³/mol. The van der Waals surface area contributed by atoms with Gasteiger partial charge in [-0.15, -0.1) is 6.42 Å². The number of phenols is 1. The maximum absolute atomic E-state index is 9.80. The highest BCUT2D eigenvalue weighted by molar-refractivity contribution is 14.1. The molecule has 43 heavy (non-hydrogen) atoms. The summed E-state index contributed by atoms with van der Waals surface area (Å²) in [5.74, 6) is 6.34. The Balaban J connectivity index is 0.000000238. The quantitative estimate of drug-likeness (QED) is 0.102. The van der Waals surface area contributed by atoms with Gasteiger partial charge in [-0.3, -0.25) is 0 Å². The fourth-order valence-corrected chi connectivity index (χ4v) is 4.64. The summed E-state index contributed by atoms with van der Waals surface area (Å²) in [5.41, 5.74) is 24.4. The zero-order valence-electron chi connectivity index (χ0n) is 23.9. The van der Waals surface area contributed by atoms with Crippen LogP contribution in [0.1, 0.15) is 50.7 Å². The Morgan fingerprint density at radius 1 is 0.744 bits per heavy atom. The summed E-state index contributed by atoms with van der Waals surface area (Å²) in [6, 6.07) is 7.24. The topological polar surface area (TPSA) is 204 Å². The van der Waals surface area contributed by atoms with Gasteiger partial charge >= 0.3 is 0 Å². The summed E-state index contributed by atoms with van der Waals surface area (Å²) < 4.78 is 18.8. The molecule has 2 heterocycles. The van der Waals surface area contributed by atoms with Gasteiger partial charge in [-0.2, -0.15) is 9.97 Å². The Bertz CT molecular complexity index is 1640. The van der Waals surface area contributed by atoms with Gasteiger partial charge < -0.3 is 42.3 Å². The number of halogens is 2. The van der Waals surface area contributed by atoms with E-state index in [-0.39, 0.29) is 47.7 Å². The third-order valence-corrected chi connectivity index (χ3v) is 7.45. The average molecular weight is 810 g/mol. The summed E-state index contributed by atoms with van der Waals surface area (Å²) in [6.07, 6.45) is 8.13. The minimum Gasteiger partial charge on any atom is -0.507 e. The zero-order chi connectivity index (χ0) is 31.8. The van der Waals surface area contributed by atoms with E-state index in [1.54, 1.807) is 12.1 Å². The van der Waals surface area contributed by atoms with Crippen molar-refractivity contribution in [1.29, 1.82) is 0 Å². The lowest BCUT2D eigenvalue weighted by atomic mass is 10.0. The molecule has 0 radical (unpaired) electrons. The molecule has 0 bridgehead atoms. The highest BCUT2D eigenvalue weighted by Gasteiger charge is 2.17. The Labute approximate surface area is 277 Å². The van der Waals surface area contributed by atoms with Crippen LogP contribution in [0.15, 0.2) is 36.7 Å². The van der Waals surface area contributed by atoms with Crippen molar-refractivity contribution >= 4 is 68.7 Å². The van der Waals surface area contributed by atoms with Crippen molar-refractivity contribution in [1.82, 2.24) is 19.9 Å². The molecule has 0 atom stereocenters. The fourth-order valence-electron chi connectivity index (χ4n) is 3.61. The number of rotatable bonds is 8. The zero-order valence-corrected chi connectivity index (χ0v) is 28.2. The van der Waals surface area contributed by atoms with E-state index in [4.69, 9.17) is 43.6 Å². The average Bonchev–Trinajstić information content (AvgIpc) is 2.93. The summed E-state index contributed by atoms with van der Waals surface area (Å²) >= 11 is 4.20. The van der Waals surface area contributed by atoms with Gasteiger partial charge in [0, 0.05) is 11.1 Å². The fraction of sp³-hybridized carbons (Fsp3) is 0.241. The maximum atomic E-state index is 9.80. The first-order valence-corrected chi connectivity index (χ1v) is 15.0. The first-order chi connectivity index (χ1) is 20.3. The van der Waals surface area contributed by atoms with Crippen LogP contribution >= 0.6 is 45.2 Å². The number of hydrogen-bond donors (Lipinski definition) is 5. The SMILES string of the molecule is C#CCOc1cc(C(C)C)c(Oc2cnc(N)nc2N)cc1I.CC(C)c1cc(O)c(I)cc1Oc1cnc(N)nc1N. The number of nitrogens with zero attached hydrogens (tertiary/aromatic N) is 4. The van der Waals surface area contributed by atoms with E-state index >= 15 is 0 Å². The van der Waals surface area contributed by atoms with E-state index in [0.717, 1.165) is 20.4 Å². The number of aromatic hydroxyl groups is 1. The number of nitrogen functional groups attached to an aromatic ring is 4. The molecule has 4 rings (SSSR count). The van der Waals surface area contributed by atoms with Gasteiger partial charge in [0.1, 0.15) is 29.6 Å². The molecule has 0 aliphatic heterocycles. The third-order valence-electron chi connectivity index (χ3n) is 5.74. The Morgan fingerprint density at radius 2 is 1.21 bits per heavy atom. The van der Waals surface area contributed by atoms with Crippen LogP contribution in [-0.2, 0) is 0 Å². The normalized spacial score (nSPS) is 10.6. The molecule has 9 N–H and O–H groups in total. The second-order valence-electron chi connectivity index (χ2n) is 9.62. The first-order valence-electron chi connectivity index (χ1n) is 12.8. The molecule has 226 valence electrons. The van der Waals surface area contributed by atoms with Gasteiger partial charge in [0.2, 0.25) is 11.9 Å². The van der Waals surface area contributed by atoms with Crippen LogP contribution in [0.5, 0.6) is 34.5 Å². The lowest BCUT2D eigenvalue weighted by molar-refractivity contribution is 0.365. The van der Waals surface area contributed by atoms with Crippen LogP contribution in [-0.4, -0.2) is 31.6 Å². The second kappa shape index (κ2) is 15.0. The summed E-state index contributed by atoms with van der Waals surface area (Å²) in [5, 5.41) is 9.80. The monoisotopic (exact) mass is 810 g/mol. The number of anilines is 4. The molecule has 0 spiro atoms. The molecular weight excluding hydrogens is 778 g/mol. The predicted octanol–water partition coefficient (Wildman–Crippen LogP) is 6.04. The largest absolute Gasteiger partial charge is 0.507 e. The van der Waals surface area contributed by atoms with Crippen LogP contribution in [0.25, 0.3) is 0 Å². The first kappa shape index (κ1) is 33.5. The van der Waals surface area contributed by atoms with Crippen LogP contribution in [0.4, 0.5) is 23.5 Å². The molecule has 0 aliphatic rings. The Morgan fingerprint density at radius 3 is 1.65 bits per heavy atom. The number of phenolic OH excluding ortho intramolecular Hbond substituents is 1. The standard InChI is InChI=1S/C16H17IN4O2.C13H15IN4O2/c1-4-5-22-13-6-10(9(2)3)12(7-11(13)17)23-14-8-20-16(19)21-15(14)18;1-6(2)7-3-9(19)8(14)4-10(7)20-11-5-17-13(16)18-12(11)15/h1,6-9H,5H2,2-3H3,(H4,18,19,20,21);3-6,19H,1-2H3,(H4,15,16,17,18). The molecule has 4 aromatic rings. The van der Waals surface area contributed by atoms with E-state index in [2.05, 4.69) is 62.3 Å². The van der Waals surface area contributed by atoms with Crippen molar-refractivity contribution in [3.05, 3.63) is 54.9 Å². The van der Waals surface area contributed by atoms with Crippen LogP contribution in [0, 0.1) is 19.5 Å². The summed E-state index contributed by atoms with van der Waals surface area (Å²) in [6.45, 7) is 8.35. The molecule has 0 unspecified atom stereocenters. The van der Waals surface area contributed by atoms with E-state index < -0.39 is 0 Å². The smallest absolute Gasteiger partial charge is 0.222 e. The van der Waals surface area contributed by atoms with Crippen molar-refractivity contribution < 1.29 is 19.3 Å². The van der Waals surface area contributed by atoms with Crippen molar-refractivity contribution in [3.8, 4) is 46.8 Å². The Hall–Kier alpha value is -3.98. The van der Waals surface area contributed by atoms with Gasteiger partial charge in [-0.25, -0.2) is 9.97 Å². The molecule has 2 aromatic carbocycles. The minimum atomic E-state index is 0.0965. The van der Waals surface area contributed by atoms with E-state index in [0.29, 0.717) is 26.6 Å². The van der Waals surface area contributed by atoms with Gasteiger partial charge in [-0.05, 0) is 81.3 Å². The summed E-state index contributed by atoms with van der Waals surface area (Å²) in [7, 11) is 0. The molecule has 0 aliphatic carbocycles. The van der Waals surface area contributed by atoms with Gasteiger partial charge in [0.15, 0.2) is 23.1 Å². The highest BCUT2D eigenvalue weighted by Crippen LogP contribution is 2.39. The van der Waals surface area contributed by atoms with Gasteiger partial charge in [0.25, 0.3) is 0 Å². The lowest BCUT2D eigenvalue weighted by Gasteiger charge is -2.17. The van der Waals surface area contributed by atoms with Crippen LogP contribution in [0.3, 0.4) is 0 Å². The number of hydrogen-bond acceptors (Lipinski definition) is 12. The number of aromatic nitrogens is 4. The minimum absolute atomic E-state index is 0.0965. The molecule has 2 aromatic heterocycles. The van der Waals surface area contributed by atoms with Crippen molar-refractivity contribution in [2.45, 2.75) is 39.5 Å². The molecule has 0 saturated carbocycles. The van der Waals surface area contributed by atoms with Crippen molar-refractivity contribution in [2.75, 3.05) is 29.5 Å². The number of terminal acetylenes is 1. The third kappa shape index (κ3) is 9.00. The van der Waals surface area contributed by atoms with Crippen molar-refractivity contribution in [3.63, 3.8) is 0 Å². The molecule has 0 fully saturated rings.